The first-order valence-corrected chi connectivity index (χ1v) is 8.13. The van der Waals surface area contributed by atoms with Crippen molar-refractivity contribution in [2.45, 2.75) is 19.9 Å². The first-order valence-electron chi connectivity index (χ1n) is 7.75. The number of nitro benzene ring substituents is 1. The van der Waals surface area contributed by atoms with Crippen LogP contribution in [0.25, 0.3) is 0 Å². The van der Waals surface area contributed by atoms with E-state index in [0.29, 0.717) is 5.56 Å². The van der Waals surface area contributed by atoms with Crippen molar-refractivity contribution in [1.29, 1.82) is 0 Å². The first-order chi connectivity index (χ1) is 12.2. The maximum atomic E-state index is 13.8. The molecule has 0 spiro atoms. The molecule has 0 aliphatic carbocycles. The van der Waals surface area contributed by atoms with Crippen molar-refractivity contribution in [2.75, 3.05) is 0 Å². The molecule has 6 nitrogen and oxygen atoms in total. The molecule has 0 aliphatic rings. The third-order valence-electron chi connectivity index (χ3n) is 4.06. The topological polar surface area (TPSA) is 89.3 Å². The van der Waals surface area contributed by atoms with Gasteiger partial charge in [-0.25, -0.2) is 4.39 Å². The lowest BCUT2D eigenvalue weighted by Gasteiger charge is -2.20. The average Bonchev–Trinajstić information content (AvgIpc) is 2.60. The summed E-state index contributed by atoms with van der Waals surface area (Å²) in [5.41, 5.74) is 0.00637. The van der Waals surface area contributed by atoms with Crippen LogP contribution in [-0.2, 0) is 0 Å². The minimum atomic E-state index is -0.753. The lowest BCUT2D eigenvalue weighted by atomic mass is 9.93. The summed E-state index contributed by atoms with van der Waals surface area (Å²) in [7, 11) is 0. The predicted molar refractivity (Wildman–Crippen MR) is 94.9 cm³/mol. The van der Waals surface area contributed by atoms with Crippen LogP contribution in [0.3, 0.4) is 0 Å². The number of carbonyl (C=O) groups is 2. The molecule has 2 rings (SSSR count). The number of hydrogen-bond donors (Lipinski definition) is 1. The van der Waals surface area contributed by atoms with Crippen molar-refractivity contribution in [3.63, 3.8) is 0 Å². The van der Waals surface area contributed by atoms with Crippen molar-refractivity contribution < 1.29 is 18.9 Å². The Hall–Kier alpha value is -2.80. The summed E-state index contributed by atoms with van der Waals surface area (Å²) in [6.07, 6.45) is 0. The molecule has 0 radical (unpaired) electrons. The normalized spacial score (nSPS) is 12.9. The second-order valence-electron chi connectivity index (χ2n) is 5.84. The summed E-state index contributed by atoms with van der Waals surface area (Å²) < 4.78 is 13.8. The number of non-ortho nitro benzene ring substituents is 1. The lowest BCUT2D eigenvalue weighted by molar-refractivity contribution is -0.384. The zero-order valence-electron chi connectivity index (χ0n) is 14.0. The van der Waals surface area contributed by atoms with E-state index in [9.17, 15) is 24.1 Å². The third kappa shape index (κ3) is 4.43. The highest BCUT2D eigenvalue weighted by atomic mass is 35.5. The molecule has 2 unspecified atom stereocenters. The number of Topliss-reactive ketones (excluding diaryl/α,β-unsaturated/α-hetero) is 1. The van der Waals surface area contributed by atoms with E-state index in [1.165, 1.54) is 36.4 Å². The van der Waals surface area contributed by atoms with Crippen molar-refractivity contribution in [1.82, 2.24) is 5.32 Å². The third-order valence-corrected chi connectivity index (χ3v) is 4.30. The van der Waals surface area contributed by atoms with Crippen molar-refractivity contribution >= 4 is 29.0 Å². The van der Waals surface area contributed by atoms with Crippen molar-refractivity contribution in [3.8, 4) is 0 Å². The number of benzene rings is 2. The van der Waals surface area contributed by atoms with Crippen molar-refractivity contribution in [2.24, 2.45) is 5.92 Å². The van der Waals surface area contributed by atoms with E-state index in [4.69, 9.17) is 11.6 Å². The van der Waals surface area contributed by atoms with Gasteiger partial charge in [0, 0.05) is 34.7 Å². The molecule has 2 atom stereocenters. The fourth-order valence-electron chi connectivity index (χ4n) is 2.32. The van der Waals surface area contributed by atoms with E-state index in [2.05, 4.69) is 5.32 Å². The Kier molecular flexibility index (Phi) is 6.05. The molecular formula is C18H16ClFN2O4. The molecule has 0 aromatic heterocycles. The standard InChI is InChI=1S/C18H16ClFN2O4/c1-10(17(23)12-3-6-14(7-4-12)22(25)26)11(2)21-18(24)15-8-5-13(19)9-16(15)20/h3-11H,1-2H3,(H,21,24). The van der Waals surface area contributed by atoms with E-state index in [1.807, 2.05) is 0 Å². The van der Waals surface area contributed by atoms with Gasteiger partial charge in [0.25, 0.3) is 11.6 Å². The number of hydrogen-bond acceptors (Lipinski definition) is 4. The van der Waals surface area contributed by atoms with Crippen LogP contribution < -0.4 is 5.32 Å². The zero-order chi connectivity index (χ0) is 19.4. The van der Waals surface area contributed by atoms with Gasteiger partial charge in [-0.15, -0.1) is 0 Å². The molecule has 8 heteroatoms. The quantitative estimate of drug-likeness (QED) is 0.467. The zero-order valence-corrected chi connectivity index (χ0v) is 14.8. The van der Waals surface area contributed by atoms with Crippen LogP contribution in [0, 0.1) is 21.8 Å². The Morgan fingerprint density at radius 2 is 1.77 bits per heavy atom. The van der Waals surface area contributed by atoms with Crippen LogP contribution in [0.4, 0.5) is 10.1 Å². The lowest BCUT2D eigenvalue weighted by Crippen LogP contribution is -2.40. The number of nitrogens with one attached hydrogen (secondary N) is 1. The molecule has 1 N–H and O–H groups in total. The Morgan fingerprint density at radius 3 is 2.31 bits per heavy atom. The van der Waals surface area contributed by atoms with Crippen LogP contribution in [0.2, 0.25) is 5.02 Å². The van der Waals surface area contributed by atoms with Gasteiger partial charge in [-0.05, 0) is 37.3 Å². The number of carbonyl (C=O) groups excluding carboxylic acids is 2. The minimum Gasteiger partial charge on any atom is -0.349 e. The minimum absolute atomic E-state index is 0.117. The molecule has 0 saturated heterocycles. The van der Waals surface area contributed by atoms with Gasteiger partial charge >= 0.3 is 0 Å². The fraction of sp³-hybridized carbons (Fsp3) is 0.222. The molecule has 136 valence electrons. The largest absolute Gasteiger partial charge is 0.349 e. The second-order valence-corrected chi connectivity index (χ2v) is 6.28. The Morgan fingerprint density at radius 1 is 1.15 bits per heavy atom. The predicted octanol–water partition coefficient (Wildman–Crippen LogP) is 4.02. The monoisotopic (exact) mass is 378 g/mol. The average molecular weight is 379 g/mol. The van der Waals surface area contributed by atoms with Gasteiger partial charge in [0.05, 0.1) is 10.5 Å². The van der Waals surface area contributed by atoms with Crippen LogP contribution in [0.5, 0.6) is 0 Å². The van der Waals surface area contributed by atoms with Gasteiger partial charge in [0.15, 0.2) is 5.78 Å². The molecule has 0 fully saturated rings. The van der Waals surface area contributed by atoms with Crippen LogP contribution in [0.1, 0.15) is 34.6 Å². The highest BCUT2D eigenvalue weighted by Gasteiger charge is 2.24. The Bertz CT molecular complexity index is 855. The molecule has 0 bridgehead atoms. The molecule has 26 heavy (non-hydrogen) atoms. The van der Waals surface area contributed by atoms with Gasteiger partial charge in [-0.1, -0.05) is 18.5 Å². The molecule has 0 saturated carbocycles. The molecular weight excluding hydrogens is 363 g/mol. The van der Waals surface area contributed by atoms with Gasteiger partial charge in [-0.2, -0.15) is 0 Å². The number of halogens is 2. The van der Waals surface area contributed by atoms with Crippen LogP contribution in [-0.4, -0.2) is 22.7 Å². The smallest absolute Gasteiger partial charge is 0.269 e. The number of ketones is 1. The van der Waals surface area contributed by atoms with E-state index in [0.717, 1.165) is 6.07 Å². The van der Waals surface area contributed by atoms with Gasteiger partial charge in [0.2, 0.25) is 0 Å². The molecule has 1 amide bonds. The van der Waals surface area contributed by atoms with Crippen LogP contribution >= 0.6 is 11.6 Å². The molecule has 2 aromatic rings. The highest BCUT2D eigenvalue weighted by molar-refractivity contribution is 6.30. The number of nitro groups is 1. The van der Waals surface area contributed by atoms with Crippen LogP contribution in [0.15, 0.2) is 42.5 Å². The summed E-state index contributed by atoms with van der Waals surface area (Å²) in [5, 5.41) is 13.4. The first kappa shape index (κ1) is 19.5. The summed E-state index contributed by atoms with van der Waals surface area (Å²) >= 11 is 5.66. The second kappa shape index (κ2) is 8.05. The number of nitrogens with zero attached hydrogens (tertiary/aromatic N) is 1. The van der Waals surface area contributed by atoms with E-state index >= 15 is 0 Å². The summed E-state index contributed by atoms with van der Waals surface area (Å²) in [6.45, 7) is 3.24. The van der Waals surface area contributed by atoms with Gasteiger partial charge < -0.3 is 5.32 Å². The van der Waals surface area contributed by atoms with Crippen molar-refractivity contribution in [3.05, 3.63) is 74.5 Å². The fourth-order valence-corrected chi connectivity index (χ4v) is 2.48. The summed E-state index contributed by atoms with van der Waals surface area (Å²) in [5.74, 6) is -2.31. The molecule has 0 heterocycles. The maximum absolute atomic E-state index is 13.8. The molecule has 0 aliphatic heterocycles. The van der Waals surface area contributed by atoms with Gasteiger partial charge in [0.1, 0.15) is 5.82 Å². The maximum Gasteiger partial charge on any atom is 0.269 e. The number of rotatable bonds is 6. The number of amides is 1. The Balaban J connectivity index is 2.08. The SMILES string of the molecule is CC(NC(=O)c1ccc(Cl)cc1F)C(C)C(=O)c1ccc([N+](=O)[O-])cc1. The van der Waals surface area contributed by atoms with E-state index in [1.54, 1.807) is 13.8 Å². The summed E-state index contributed by atoms with van der Waals surface area (Å²) in [4.78, 5) is 34.8. The van der Waals surface area contributed by atoms with E-state index < -0.39 is 28.6 Å². The summed E-state index contributed by atoms with van der Waals surface area (Å²) in [6, 6.07) is 8.33. The van der Waals surface area contributed by atoms with E-state index in [-0.39, 0.29) is 22.1 Å². The highest BCUT2D eigenvalue weighted by Crippen LogP contribution is 2.18. The molecule has 2 aromatic carbocycles. The van der Waals surface area contributed by atoms with Gasteiger partial charge in [-0.3, -0.25) is 19.7 Å². The Labute approximate surface area is 154 Å².